The first-order chi connectivity index (χ1) is 7.70. The smallest absolute Gasteiger partial charge is 0.407 e. The Morgan fingerprint density at radius 1 is 1.47 bits per heavy atom. The van der Waals surface area contributed by atoms with Gasteiger partial charge in [-0.3, -0.25) is 4.79 Å². The second-order valence-electron chi connectivity index (χ2n) is 5.44. The molecule has 98 valence electrons. The van der Waals surface area contributed by atoms with E-state index in [2.05, 4.69) is 0 Å². The van der Waals surface area contributed by atoms with Gasteiger partial charge in [0.2, 0.25) is 0 Å². The summed E-state index contributed by atoms with van der Waals surface area (Å²) >= 11 is 0. The van der Waals surface area contributed by atoms with Crippen LogP contribution in [0.15, 0.2) is 0 Å². The van der Waals surface area contributed by atoms with Crippen LogP contribution in [0.5, 0.6) is 0 Å². The molecule has 1 saturated heterocycles. The molecule has 1 atom stereocenters. The SMILES string of the molecule is CC(C)(C)OC(=O)C1(CN)CCN(C(=O)O)C1. The second-order valence-corrected chi connectivity index (χ2v) is 5.44. The van der Waals surface area contributed by atoms with Crippen molar-refractivity contribution in [3.8, 4) is 0 Å². The van der Waals surface area contributed by atoms with Crippen molar-refractivity contribution in [2.75, 3.05) is 19.6 Å². The van der Waals surface area contributed by atoms with E-state index in [1.165, 1.54) is 4.90 Å². The summed E-state index contributed by atoms with van der Waals surface area (Å²) in [6, 6.07) is 0. The molecule has 1 aliphatic heterocycles. The quantitative estimate of drug-likeness (QED) is 0.696. The normalized spacial score (nSPS) is 24.8. The molecule has 0 spiro atoms. The van der Waals surface area contributed by atoms with Crippen LogP contribution < -0.4 is 5.73 Å². The molecule has 0 aromatic rings. The topological polar surface area (TPSA) is 92.9 Å². The van der Waals surface area contributed by atoms with Crippen molar-refractivity contribution in [3.05, 3.63) is 0 Å². The molecule has 1 fully saturated rings. The molecule has 0 saturated carbocycles. The van der Waals surface area contributed by atoms with Crippen LogP contribution in [0.2, 0.25) is 0 Å². The van der Waals surface area contributed by atoms with E-state index < -0.39 is 23.1 Å². The lowest BCUT2D eigenvalue weighted by Gasteiger charge is -2.29. The van der Waals surface area contributed by atoms with E-state index in [1.54, 1.807) is 20.8 Å². The largest absolute Gasteiger partial charge is 0.465 e. The molecule has 1 rings (SSSR count). The maximum atomic E-state index is 12.1. The lowest BCUT2D eigenvalue weighted by atomic mass is 9.87. The summed E-state index contributed by atoms with van der Waals surface area (Å²) in [5.41, 5.74) is 4.16. The number of carbonyl (C=O) groups is 2. The molecule has 0 aromatic carbocycles. The highest BCUT2D eigenvalue weighted by molar-refractivity contribution is 5.80. The van der Waals surface area contributed by atoms with E-state index in [9.17, 15) is 9.59 Å². The van der Waals surface area contributed by atoms with Gasteiger partial charge in [0.15, 0.2) is 0 Å². The van der Waals surface area contributed by atoms with Crippen molar-refractivity contribution < 1.29 is 19.4 Å². The summed E-state index contributed by atoms with van der Waals surface area (Å²) < 4.78 is 5.31. The molecule has 6 nitrogen and oxygen atoms in total. The Bertz CT molecular complexity index is 324. The Labute approximate surface area is 101 Å². The first-order valence-corrected chi connectivity index (χ1v) is 5.62. The maximum Gasteiger partial charge on any atom is 0.407 e. The van der Waals surface area contributed by atoms with Crippen molar-refractivity contribution in [2.24, 2.45) is 11.1 Å². The van der Waals surface area contributed by atoms with Gasteiger partial charge in [0.05, 0.1) is 5.41 Å². The standard InChI is InChI=1S/C11H20N2O4/c1-10(2,3)17-8(14)11(6-12)4-5-13(7-11)9(15)16/h4-7,12H2,1-3H3,(H,15,16). The van der Waals surface area contributed by atoms with Crippen molar-refractivity contribution in [2.45, 2.75) is 32.8 Å². The molecule has 0 bridgehead atoms. The van der Waals surface area contributed by atoms with Gasteiger partial charge in [0, 0.05) is 19.6 Å². The van der Waals surface area contributed by atoms with E-state index in [1.807, 2.05) is 0 Å². The zero-order valence-corrected chi connectivity index (χ0v) is 10.5. The minimum Gasteiger partial charge on any atom is -0.465 e. The number of ether oxygens (including phenoxy) is 1. The van der Waals surface area contributed by atoms with Crippen molar-refractivity contribution in [1.82, 2.24) is 4.90 Å². The van der Waals surface area contributed by atoms with Gasteiger partial charge in [-0.05, 0) is 27.2 Å². The third-order valence-electron chi connectivity index (χ3n) is 2.85. The number of likely N-dealkylation sites (tertiary alicyclic amines) is 1. The third-order valence-corrected chi connectivity index (χ3v) is 2.85. The van der Waals surface area contributed by atoms with Gasteiger partial charge in [-0.2, -0.15) is 0 Å². The molecule has 0 aromatic heterocycles. The Hall–Kier alpha value is -1.30. The lowest BCUT2D eigenvalue weighted by Crippen LogP contribution is -2.45. The predicted octanol–water partition coefficient (Wildman–Crippen LogP) is 0.657. The Kier molecular flexibility index (Phi) is 3.66. The van der Waals surface area contributed by atoms with E-state index in [0.29, 0.717) is 13.0 Å². The van der Waals surface area contributed by atoms with Crippen LogP contribution in [0.4, 0.5) is 4.79 Å². The highest BCUT2D eigenvalue weighted by atomic mass is 16.6. The summed E-state index contributed by atoms with van der Waals surface area (Å²) in [5.74, 6) is -0.406. The fraction of sp³-hybridized carbons (Fsp3) is 0.818. The first-order valence-electron chi connectivity index (χ1n) is 5.62. The fourth-order valence-corrected chi connectivity index (χ4v) is 1.84. The molecule has 1 aliphatic rings. The molecular formula is C11H20N2O4. The number of hydrogen-bond acceptors (Lipinski definition) is 4. The van der Waals surface area contributed by atoms with Crippen LogP contribution in [-0.2, 0) is 9.53 Å². The summed E-state index contributed by atoms with van der Waals surface area (Å²) in [4.78, 5) is 24.1. The average molecular weight is 244 g/mol. The second kappa shape index (κ2) is 4.52. The fourth-order valence-electron chi connectivity index (χ4n) is 1.84. The summed E-state index contributed by atoms with van der Waals surface area (Å²) in [6.45, 7) is 5.88. The Morgan fingerprint density at radius 2 is 2.06 bits per heavy atom. The summed E-state index contributed by atoms with van der Waals surface area (Å²) in [5, 5.41) is 8.89. The van der Waals surface area contributed by atoms with Crippen LogP contribution in [0, 0.1) is 5.41 Å². The maximum absolute atomic E-state index is 12.1. The molecule has 1 heterocycles. The van der Waals surface area contributed by atoms with Crippen molar-refractivity contribution in [3.63, 3.8) is 0 Å². The molecule has 1 amide bonds. The monoisotopic (exact) mass is 244 g/mol. The number of amides is 1. The van der Waals surface area contributed by atoms with Gasteiger partial charge < -0.3 is 20.5 Å². The summed E-state index contributed by atoms with van der Waals surface area (Å²) in [7, 11) is 0. The van der Waals surface area contributed by atoms with Crippen LogP contribution in [0.3, 0.4) is 0 Å². The number of esters is 1. The van der Waals surface area contributed by atoms with E-state index in [4.69, 9.17) is 15.6 Å². The molecular weight excluding hydrogens is 224 g/mol. The Morgan fingerprint density at radius 3 is 2.41 bits per heavy atom. The van der Waals surface area contributed by atoms with Gasteiger partial charge in [-0.1, -0.05) is 0 Å². The number of hydrogen-bond donors (Lipinski definition) is 2. The average Bonchev–Trinajstić information content (AvgIpc) is 2.60. The van der Waals surface area contributed by atoms with E-state index in [0.717, 1.165) is 0 Å². The number of carbonyl (C=O) groups excluding carboxylic acids is 1. The van der Waals surface area contributed by atoms with Crippen LogP contribution in [0.25, 0.3) is 0 Å². The molecule has 0 aliphatic carbocycles. The van der Waals surface area contributed by atoms with Gasteiger partial charge in [-0.25, -0.2) is 4.79 Å². The highest BCUT2D eigenvalue weighted by Crippen LogP contribution is 2.32. The minimum atomic E-state index is -1.02. The van der Waals surface area contributed by atoms with Crippen LogP contribution in [-0.4, -0.2) is 47.3 Å². The number of carboxylic acid groups (broad SMARTS) is 1. The zero-order valence-electron chi connectivity index (χ0n) is 10.5. The molecule has 17 heavy (non-hydrogen) atoms. The molecule has 3 N–H and O–H groups in total. The van der Waals surface area contributed by atoms with Crippen LogP contribution >= 0.6 is 0 Å². The number of nitrogens with two attached hydrogens (primary N) is 1. The van der Waals surface area contributed by atoms with Gasteiger partial charge >= 0.3 is 12.1 Å². The first kappa shape index (κ1) is 13.8. The Balaban J connectivity index is 2.78. The zero-order chi connectivity index (χ0) is 13.3. The summed E-state index contributed by atoms with van der Waals surface area (Å²) in [6.07, 6.45) is -0.603. The van der Waals surface area contributed by atoms with Gasteiger partial charge in [-0.15, -0.1) is 0 Å². The number of rotatable bonds is 2. The van der Waals surface area contributed by atoms with Crippen molar-refractivity contribution in [1.29, 1.82) is 0 Å². The predicted molar refractivity (Wildman–Crippen MR) is 61.5 cm³/mol. The van der Waals surface area contributed by atoms with Gasteiger partial charge in [0.25, 0.3) is 0 Å². The molecule has 0 radical (unpaired) electrons. The van der Waals surface area contributed by atoms with Crippen molar-refractivity contribution >= 4 is 12.1 Å². The van der Waals surface area contributed by atoms with E-state index in [-0.39, 0.29) is 13.1 Å². The number of nitrogens with zero attached hydrogens (tertiary/aromatic N) is 1. The highest BCUT2D eigenvalue weighted by Gasteiger charge is 2.47. The minimum absolute atomic E-state index is 0.103. The van der Waals surface area contributed by atoms with E-state index >= 15 is 0 Å². The van der Waals surface area contributed by atoms with Crippen LogP contribution in [0.1, 0.15) is 27.2 Å². The lowest BCUT2D eigenvalue weighted by molar-refractivity contribution is -0.166. The molecule has 1 unspecified atom stereocenters. The van der Waals surface area contributed by atoms with Gasteiger partial charge in [0.1, 0.15) is 5.60 Å². The third kappa shape index (κ3) is 3.09. The molecule has 6 heteroatoms.